The van der Waals surface area contributed by atoms with E-state index in [1.165, 1.54) is 5.69 Å². The Hall–Kier alpha value is -1.55. The molecule has 3 rings (SSSR count). The van der Waals surface area contributed by atoms with Crippen molar-refractivity contribution in [2.45, 2.75) is 25.8 Å². The van der Waals surface area contributed by atoms with E-state index in [2.05, 4.69) is 28.5 Å². The maximum atomic E-state index is 12.2. The van der Waals surface area contributed by atoms with Gasteiger partial charge in [-0.2, -0.15) is 0 Å². The third kappa shape index (κ3) is 2.73. The molecule has 2 N–H and O–H groups in total. The molecule has 4 nitrogen and oxygen atoms in total. The Morgan fingerprint density at radius 2 is 2.05 bits per heavy atom. The first-order valence-corrected chi connectivity index (χ1v) is 7.12. The molecule has 1 aliphatic heterocycles. The SMILES string of the molecule is Cc1c(C(=O)NC2CC2)cccc1N1CCNCC1. The average Bonchev–Trinajstić information content (AvgIpc) is 3.24. The quantitative estimate of drug-likeness (QED) is 0.860. The second-order valence-corrected chi connectivity index (χ2v) is 5.43. The van der Waals surface area contributed by atoms with Crippen molar-refractivity contribution in [3.8, 4) is 0 Å². The molecule has 2 fully saturated rings. The van der Waals surface area contributed by atoms with Crippen LogP contribution in [0.1, 0.15) is 28.8 Å². The molecule has 1 aromatic carbocycles. The molecular weight excluding hydrogens is 238 g/mol. The van der Waals surface area contributed by atoms with Crippen LogP contribution in [0.25, 0.3) is 0 Å². The zero-order valence-electron chi connectivity index (χ0n) is 11.4. The number of rotatable bonds is 3. The average molecular weight is 259 g/mol. The molecule has 0 spiro atoms. The number of carbonyl (C=O) groups excluding carboxylic acids is 1. The number of nitrogens with zero attached hydrogens (tertiary/aromatic N) is 1. The van der Waals surface area contributed by atoms with Gasteiger partial charge < -0.3 is 15.5 Å². The van der Waals surface area contributed by atoms with E-state index in [0.717, 1.165) is 50.1 Å². The maximum absolute atomic E-state index is 12.2. The van der Waals surface area contributed by atoms with Crippen molar-refractivity contribution in [1.82, 2.24) is 10.6 Å². The Labute approximate surface area is 114 Å². The van der Waals surface area contributed by atoms with Gasteiger partial charge >= 0.3 is 0 Å². The van der Waals surface area contributed by atoms with E-state index in [-0.39, 0.29) is 5.91 Å². The van der Waals surface area contributed by atoms with Crippen LogP contribution in [-0.4, -0.2) is 38.1 Å². The van der Waals surface area contributed by atoms with Gasteiger partial charge in [-0.15, -0.1) is 0 Å². The van der Waals surface area contributed by atoms with Crippen molar-refractivity contribution in [2.24, 2.45) is 0 Å². The maximum Gasteiger partial charge on any atom is 0.251 e. The number of amides is 1. The summed E-state index contributed by atoms with van der Waals surface area (Å²) in [6.45, 7) is 6.10. The van der Waals surface area contributed by atoms with E-state index in [9.17, 15) is 4.79 Å². The summed E-state index contributed by atoms with van der Waals surface area (Å²) in [4.78, 5) is 14.6. The van der Waals surface area contributed by atoms with Crippen molar-refractivity contribution in [3.05, 3.63) is 29.3 Å². The second-order valence-electron chi connectivity index (χ2n) is 5.43. The molecule has 102 valence electrons. The summed E-state index contributed by atoms with van der Waals surface area (Å²) in [7, 11) is 0. The lowest BCUT2D eigenvalue weighted by Gasteiger charge is -2.31. The minimum atomic E-state index is 0.0805. The number of benzene rings is 1. The molecule has 0 radical (unpaired) electrons. The van der Waals surface area contributed by atoms with Gasteiger partial charge in [0, 0.05) is 43.5 Å². The fourth-order valence-electron chi connectivity index (χ4n) is 2.61. The predicted molar refractivity (Wildman–Crippen MR) is 76.7 cm³/mol. The lowest BCUT2D eigenvalue weighted by Crippen LogP contribution is -2.44. The van der Waals surface area contributed by atoms with Crippen molar-refractivity contribution in [3.63, 3.8) is 0 Å². The Kier molecular flexibility index (Phi) is 3.42. The van der Waals surface area contributed by atoms with Crippen LogP contribution in [0.4, 0.5) is 5.69 Å². The fraction of sp³-hybridized carbons (Fsp3) is 0.533. The van der Waals surface area contributed by atoms with Crippen LogP contribution in [0.5, 0.6) is 0 Å². The van der Waals surface area contributed by atoms with Gasteiger partial charge in [0.15, 0.2) is 0 Å². The van der Waals surface area contributed by atoms with E-state index in [1.54, 1.807) is 0 Å². The number of piperazine rings is 1. The second kappa shape index (κ2) is 5.21. The molecule has 1 saturated heterocycles. The Morgan fingerprint density at radius 3 is 2.74 bits per heavy atom. The Morgan fingerprint density at radius 1 is 1.32 bits per heavy atom. The molecule has 4 heteroatoms. The minimum Gasteiger partial charge on any atom is -0.369 e. The van der Waals surface area contributed by atoms with Crippen LogP contribution in [0.15, 0.2) is 18.2 Å². The molecule has 2 aliphatic rings. The zero-order chi connectivity index (χ0) is 13.2. The van der Waals surface area contributed by atoms with Crippen molar-refractivity contribution >= 4 is 11.6 Å². The van der Waals surface area contributed by atoms with Gasteiger partial charge in [0.05, 0.1) is 0 Å². The Balaban J connectivity index is 1.82. The summed E-state index contributed by atoms with van der Waals surface area (Å²) < 4.78 is 0. The van der Waals surface area contributed by atoms with Crippen LogP contribution in [0, 0.1) is 6.92 Å². The van der Waals surface area contributed by atoms with Crippen LogP contribution >= 0.6 is 0 Å². The van der Waals surface area contributed by atoms with Crippen LogP contribution < -0.4 is 15.5 Å². The lowest BCUT2D eigenvalue weighted by molar-refractivity contribution is 0.0950. The number of anilines is 1. The normalized spacial score (nSPS) is 19.3. The molecule has 1 aliphatic carbocycles. The summed E-state index contributed by atoms with van der Waals surface area (Å²) in [6.07, 6.45) is 2.25. The highest BCUT2D eigenvalue weighted by Crippen LogP contribution is 2.25. The third-order valence-electron chi connectivity index (χ3n) is 3.92. The molecule has 0 unspecified atom stereocenters. The fourth-order valence-corrected chi connectivity index (χ4v) is 2.61. The smallest absolute Gasteiger partial charge is 0.251 e. The highest BCUT2D eigenvalue weighted by molar-refractivity contribution is 5.97. The first-order chi connectivity index (χ1) is 9.25. The van der Waals surface area contributed by atoms with Crippen molar-refractivity contribution < 1.29 is 4.79 Å². The lowest BCUT2D eigenvalue weighted by atomic mass is 10.0. The van der Waals surface area contributed by atoms with Gasteiger partial charge in [0.2, 0.25) is 0 Å². The van der Waals surface area contributed by atoms with E-state index < -0.39 is 0 Å². The van der Waals surface area contributed by atoms with Gasteiger partial charge in [-0.05, 0) is 37.5 Å². The molecule has 1 saturated carbocycles. The van der Waals surface area contributed by atoms with E-state index in [4.69, 9.17) is 0 Å². The molecule has 1 amide bonds. The van der Waals surface area contributed by atoms with Crippen molar-refractivity contribution in [2.75, 3.05) is 31.1 Å². The summed E-state index contributed by atoms with van der Waals surface area (Å²) in [5, 5.41) is 6.43. The number of hydrogen-bond donors (Lipinski definition) is 2. The monoisotopic (exact) mass is 259 g/mol. The molecule has 1 heterocycles. The van der Waals surface area contributed by atoms with E-state index in [1.807, 2.05) is 12.1 Å². The standard InChI is InChI=1S/C15H21N3O/c1-11-13(15(19)17-12-5-6-12)3-2-4-14(11)18-9-7-16-8-10-18/h2-4,12,16H,5-10H2,1H3,(H,17,19). The first kappa shape index (κ1) is 12.5. The molecule has 1 aromatic rings. The summed E-state index contributed by atoms with van der Waals surface area (Å²) in [6, 6.07) is 6.45. The zero-order valence-corrected chi connectivity index (χ0v) is 11.4. The highest BCUT2D eigenvalue weighted by atomic mass is 16.1. The molecule has 0 atom stereocenters. The number of nitrogens with one attached hydrogen (secondary N) is 2. The minimum absolute atomic E-state index is 0.0805. The molecule has 19 heavy (non-hydrogen) atoms. The van der Waals surface area contributed by atoms with Crippen molar-refractivity contribution in [1.29, 1.82) is 0 Å². The largest absolute Gasteiger partial charge is 0.369 e. The Bertz CT molecular complexity index is 476. The molecular formula is C15H21N3O. The summed E-state index contributed by atoms with van der Waals surface area (Å²) in [5.41, 5.74) is 3.12. The van der Waals surface area contributed by atoms with Gasteiger partial charge in [0.1, 0.15) is 0 Å². The van der Waals surface area contributed by atoms with Gasteiger partial charge in [-0.3, -0.25) is 4.79 Å². The van der Waals surface area contributed by atoms with E-state index in [0.29, 0.717) is 6.04 Å². The summed E-state index contributed by atoms with van der Waals surface area (Å²) >= 11 is 0. The van der Waals surface area contributed by atoms with Gasteiger partial charge in [-0.25, -0.2) is 0 Å². The van der Waals surface area contributed by atoms with Crippen LogP contribution in [-0.2, 0) is 0 Å². The third-order valence-corrected chi connectivity index (χ3v) is 3.92. The first-order valence-electron chi connectivity index (χ1n) is 7.12. The topological polar surface area (TPSA) is 44.4 Å². The number of hydrogen-bond acceptors (Lipinski definition) is 3. The van der Waals surface area contributed by atoms with Crippen LogP contribution in [0.2, 0.25) is 0 Å². The number of carbonyl (C=O) groups is 1. The molecule has 0 aromatic heterocycles. The van der Waals surface area contributed by atoms with Crippen LogP contribution in [0.3, 0.4) is 0 Å². The predicted octanol–water partition coefficient (Wildman–Crippen LogP) is 1.30. The van der Waals surface area contributed by atoms with Gasteiger partial charge in [-0.1, -0.05) is 6.07 Å². The molecule has 0 bridgehead atoms. The summed E-state index contributed by atoms with van der Waals surface area (Å²) in [5.74, 6) is 0.0805. The van der Waals surface area contributed by atoms with Gasteiger partial charge in [0.25, 0.3) is 5.91 Å². The van der Waals surface area contributed by atoms with E-state index >= 15 is 0 Å². The highest BCUT2D eigenvalue weighted by Gasteiger charge is 2.25.